The standard InChI is InChI=1S/C34H47N5O6S/c1-6-9-10-11-13-26(7-2)33-35-24(4)31-34(41)36-32(37-39(31)33)29-22-28(18-19-30(29)45-8-3)46(42,43)38(20-12-21-40)23-25-14-16-27(44-5)17-15-25/h14-19,22,26,40H,6-13,20-21,23H2,1-5H3,(H,36,37,41). The number of nitrogens with zero attached hydrogens (tertiary/aromatic N) is 4. The lowest BCUT2D eigenvalue weighted by atomic mass is 9.97. The van der Waals surface area contributed by atoms with Gasteiger partial charge in [0.05, 0.1) is 29.9 Å². The second-order valence-electron chi connectivity index (χ2n) is 11.4. The van der Waals surface area contributed by atoms with Crippen molar-refractivity contribution in [3.05, 3.63) is 69.9 Å². The number of benzene rings is 2. The molecule has 46 heavy (non-hydrogen) atoms. The van der Waals surface area contributed by atoms with Crippen LogP contribution < -0.4 is 15.0 Å². The first kappa shape index (κ1) is 35.1. The zero-order valence-corrected chi connectivity index (χ0v) is 28.4. The number of rotatable bonds is 18. The summed E-state index contributed by atoms with van der Waals surface area (Å²) in [4.78, 5) is 21.2. The van der Waals surface area contributed by atoms with Gasteiger partial charge < -0.3 is 19.6 Å². The SMILES string of the molecule is CCCCCCC(CC)c1nc(C)c2c(=O)[nH]c(-c3cc(S(=O)(=O)N(CCCO)Cc4ccc(OC)cc4)ccc3OCC)nn12. The van der Waals surface area contributed by atoms with Crippen molar-refractivity contribution >= 4 is 15.5 Å². The minimum Gasteiger partial charge on any atom is -0.497 e. The Bertz CT molecular complexity index is 1750. The number of methoxy groups -OCH3 is 1. The van der Waals surface area contributed by atoms with Crippen LogP contribution in [0.5, 0.6) is 11.5 Å². The monoisotopic (exact) mass is 653 g/mol. The number of H-pyrrole nitrogens is 1. The molecule has 1 unspecified atom stereocenters. The molecule has 12 heteroatoms. The smallest absolute Gasteiger partial charge is 0.277 e. The van der Waals surface area contributed by atoms with Gasteiger partial charge >= 0.3 is 0 Å². The highest BCUT2D eigenvalue weighted by Crippen LogP contribution is 2.33. The number of aryl methyl sites for hydroxylation is 1. The number of imidazole rings is 1. The number of aromatic amines is 1. The van der Waals surface area contributed by atoms with Crippen LogP contribution in [0.3, 0.4) is 0 Å². The van der Waals surface area contributed by atoms with Crippen molar-refractivity contribution in [1.82, 2.24) is 23.9 Å². The molecule has 0 radical (unpaired) electrons. The molecule has 4 aromatic rings. The molecule has 0 aliphatic carbocycles. The molecule has 0 spiro atoms. The lowest BCUT2D eigenvalue weighted by Gasteiger charge is -2.23. The molecule has 1 atom stereocenters. The summed E-state index contributed by atoms with van der Waals surface area (Å²) in [6, 6.07) is 11.8. The maximum Gasteiger partial charge on any atom is 0.277 e. The van der Waals surface area contributed by atoms with Crippen molar-refractivity contribution in [2.24, 2.45) is 0 Å². The number of sulfonamides is 1. The lowest BCUT2D eigenvalue weighted by molar-refractivity contribution is 0.267. The van der Waals surface area contributed by atoms with Gasteiger partial charge in [0.2, 0.25) is 10.0 Å². The van der Waals surface area contributed by atoms with Crippen LogP contribution in [-0.2, 0) is 16.6 Å². The van der Waals surface area contributed by atoms with E-state index in [0.29, 0.717) is 34.9 Å². The van der Waals surface area contributed by atoms with E-state index in [4.69, 9.17) is 19.6 Å². The molecular formula is C34H47N5O6S. The molecule has 11 nitrogen and oxygen atoms in total. The van der Waals surface area contributed by atoms with E-state index >= 15 is 0 Å². The minimum absolute atomic E-state index is 0.0181. The van der Waals surface area contributed by atoms with E-state index < -0.39 is 10.0 Å². The number of unbranched alkanes of at least 4 members (excludes halogenated alkanes) is 3. The van der Waals surface area contributed by atoms with Crippen LogP contribution in [-0.4, -0.2) is 64.3 Å². The lowest BCUT2D eigenvalue weighted by Crippen LogP contribution is -2.32. The van der Waals surface area contributed by atoms with Crippen molar-refractivity contribution in [3.63, 3.8) is 0 Å². The molecule has 0 bridgehead atoms. The summed E-state index contributed by atoms with van der Waals surface area (Å²) in [6.07, 6.45) is 6.59. The number of ether oxygens (including phenoxy) is 2. The summed E-state index contributed by atoms with van der Waals surface area (Å²) in [7, 11) is -2.47. The Hall–Kier alpha value is -3.74. The van der Waals surface area contributed by atoms with Crippen LogP contribution in [0.1, 0.15) is 88.7 Å². The van der Waals surface area contributed by atoms with E-state index in [1.807, 2.05) is 26.0 Å². The third-order valence-corrected chi connectivity index (χ3v) is 10.0. The largest absolute Gasteiger partial charge is 0.497 e. The van der Waals surface area contributed by atoms with E-state index in [1.165, 1.54) is 22.9 Å². The second-order valence-corrected chi connectivity index (χ2v) is 13.4. The minimum atomic E-state index is -4.04. The number of fused-ring (bicyclic) bond motifs is 1. The van der Waals surface area contributed by atoms with Crippen LogP contribution in [0.2, 0.25) is 0 Å². The van der Waals surface area contributed by atoms with Crippen molar-refractivity contribution in [2.45, 2.75) is 90.0 Å². The first-order valence-electron chi connectivity index (χ1n) is 16.2. The van der Waals surface area contributed by atoms with Gasteiger partial charge in [-0.15, -0.1) is 5.10 Å². The maximum absolute atomic E-state index is 14.1. The molecule has 0 aliphatic heterocycles. The molecule has 250 valence electrons. The maximum atomic E-state index is 14.1. The molecule has 0 saturated heterocycles. The van der Waals surface area contributed by atoms with Crippen molar-refractivity contribution in [3.8, 4) is 22.9 Å². The van der Waals surface area contributed by atoms with Gasteiger partial charge in [-0.3, -0.25) is 4.79 Å². The van der Waals surface area contributed by atoms with E-state index in [0.717, 1.165) is 43.5 Å². The normalized spacial score (nSPS) is 12.6. The Morgan fingerprint density at radius 2 is 1.80 bits per heavy atom. The first-order valence-corrected chi connectivity index (χ1v) is 17.6. The van der Waals surface area contributed by atoms with Gasteiger partial charge in [-0.05, 0) is 69.0 Å². The van der Waals surface area contributed by atoms with Gasteiger partial charge in [-0.2, -0.15) is 4.31 Å². The fourth-order valence-corrected chi connectivity index (χ4v) is 7.16. The molecule has 4 rings (SSSR count). The Morgan fingerprint density at radius 1 is 1.04 bits per heavy atom. The Balaban J connectivity index is 1.79. The fraction of sp³-hybridized carbons (Fsp3) is 0.500. The van der Waals surface area contributed by atoms with Gasteiger partial charge in [0.1, 0.15) is 17.3 Å². The van der Waals surface area contributed by atoms with Gasteiger partial charge in [-0.1, -0.05) is 51.7 Å². The van der Waals surface area contributed by atoms with Crippen molar-refractivity contribution in [1.29, 1.82) is 0 Å². The van der Waals surface area contributed by atoms with Crippen LogP contribution >= 0.6 is 0 Å². The zero-order chi connectivity index (χ0) is 33.3. The molecule has 0 aliphatic rings. The summed E-state index contributed by atoms with van der Waals surface area (Å²) >= 11 is 0. The average molecular weight is 654 g/mol. The quantitative estimate of drug-likeness (QED) is 0.128. The topological polar surface area (TPSA) is 139 Å². The van der Waals surface area contributed by atoms with Crippen LogP contribution in [0.4, 0.5) is 0 Å². The van der Waals surface area contributed by atoms with Gasteiger partial charge in [-0.25, -0.2) is 17.9 Å². The van der Waals surface area contributed by atoms with Crippen LogP contribution in [0, 0.1) is 6.92 Å². The number of aromatic nitrogens is 4. The Labute approximate surface area is 271 Å². The summed E-state index contributed by atoms with van der Waals surface area (Å²) in [5, 5.41) is 14.4. The third-order valence-electron chi connectivity index (χ3n) is 8.19. The highest BCUT2D eigenvalue weighted by Gasteiger charge is 2.27. The van der Waals surface area contributed by atoms with Crippen molar-refractivity contribution in [2.75, 3.05) is 26.9 Å². The van der Waals surface area contributed by atoms with Gasteiger partial charge in [0.15, 0.2) is 11.3 Å². The summed E-state index contributed by atoms with van der Waals surface area (Å²) < 4.78 is 42.3. The van der Waals surface area contributed by atoms with Gasteiger partial charge in [0, 0.05) is 25.6 Å². The number of nitrogens with one attached hydrogen (secondary N) is 1. The number of aliphatic hydroxyl groups excluding tert-OH is 1. The van der Waals surface area contributed by atoms with Crippen LogP contribution in [0.25, 0.3) is 16.9 Å². The predicted octanol–water partition coefficient (Wildman–Crippen LogP) is 5.84. The molecule has 0 saturated carbocycles. The van der Waals surface area contributed by atoms with E-state index in [-0.39, 0.29) is 48.3 Å². The molecule has 2 N–H and O–H groups in total. The van der Waals surface area contributed by atoms with E-state index in [1.54, 1.807) is 29.8 Å². The Kier molecular flexibility index (Phi) is 12.4. The summed E-state index contributed by atoms with van der Waals surface area (Å²) in [5.41, 5.74) is 1.74. The molecule has 2 heterocycles. The molecule has 2 aromatic carbocycles. The molecule has 0 amide bonds. The summed E-state index contributed by atoms with van der Waals surface area (Å²) in [6.45, 7) is 8.33. The second kappa shape index (κ2) is 16.2. The van der Waals surface area contributed by atoms with Crippen LogP contribution in [0.15, 0.2) is 52.2 Å². The summed E-state index contributed by atoms with van der Waals surface area (Å²) in [5.74, 6) is 2.10. The molecule has 2 aromatic heterocycles. The fourth-order valence-electron chi connectivity index (χ4n) is 5.66. The highest BCUT2D eigenvalue weighted by atomic mass is 32.2. The number of hydrogen-bond donors (Lipinski definition) is 2. The first-order chi connectivity index (χ1) is 22.2. The molecular weight excluding hydrogens is 606 g/mol. The third kappa shape index (κ3) is 7.97. The van der Waals surface area contributed by atoms with E-state index in [9.17, 15) is 18.3 Å². The van der Waals surface area contributed by atoms with Gasteiger partial charge in [0.25, 0.3) is 5.56 Å². The van der Waals surface area contributed by atoms with E-state index in [2.05, 4.69) is 18.8 Å². The van der Waals surface area contributed by atoms with Crippen molar-refractivity contribution < 1.29 is 23.0 Å². The number of aliphatic hydroxyl groups is 1. The highest BCUT2D eigenvalue weighted by molar-refractivity contribution is 7.89. The molecule has 0 fully saturated rings. The number of hydrogen-bond acceptors (Lipinski definition) is 8. The average Bonchev–Trinajstić information content (AvgIpc) is 3.39. The predicted molar refractivity (Wildman–Crippen MR) is 179 cm³/mol. The zero-order valence-electron chi connectivity index (χ0n) is 27.6. The Morgan fingerprint density at radius 3 is 2.46 bits per heavy atom.